The quantitative estimate of drug-likeness (QED) is 0.838. The molecule has 1 N–H and O–H groups in total. The van der Waals surface area contributed by atoms with Crippen LogP contribution in [0.15, 0.2) is 30.5 Å². The summed E-state index contributed by atoms with van der Waals surface area (Å²) in [6, 6.07) is 7.18. The van der Waals surface area contributed by atoms with E-state index in [0.29, 0.717) is 36.0 Å². The molecule has 3 rings (SSSR count). The van der Waals surface area contributed by atoms with Gasteiger partial charge in [-0.2, -0.15) is 0 Å². The lowest BCUT2D eigenvalue weighted by atomic mass is 9.96. The van der Waals surface area contributed by atoms with Gasteiger partial charge in [-0.25, -0.2) is 4.98 Å². The van der Waals surface area contributed by atoms with E-state index in [1.165, 1.54) is 0 Å². The Morgan fingerprint density at radius 3 is 2.48 bits per heavy atom. The van der Waals surface area contributed by atoms with Crippen molar-refractivity contribution >= 4 is 17.6 Å². The van der Waals surface area contributed by atoms with Crippen LogP contribution in [0.4, 0.5) is 5.82 Å². The smallest absolute Gasteiger partial charge is 0.254 e. The molecule has 1 saturated heterocycles. The number of ether oxygens (including phenoxy) is 2. The first-order valence-electron chi connectivity index (χ1n) is 9.69. The highest BCUT2D eigenvalue weighted by Gasteiger charge is 2.30. The number of aryl methyl sites for hydroxylation is 1. The van der Waals surface area contributed by atoms with Gasteiger partial charge in [0.2, 0.25) is 5.91 Å². The van der Waals surface area contributed by atoms with E-state index >= 15 is 0 Å². The number of nitrogens with zero attached hydrogens (tertiary/aromatic N) is 2. The zero-order valence-electron chi connectivity index (χ0n) is 17.3. The Hall–Kier alpha value is -3.09. The van der Waals surface area contributed by atoms with Crippen LogP contribution in [-0.4, -0.2) is 49.0 Å². The molecular formula is C22H27N3O4. The van der Waals surface area contributed by atoms with Gasteiger partial charge in [-0.15, -0.1) is 0 Å². The molecule has 0 radical (unpaired) electrons. The SMILES string of the molecule is COc1cc(C(=O)N2CCCC(C(=O)Nc3ncccc3C)C2)cc(OC)c1C. The number of carbonyl (C=O) groups excluding carboxylic acids is 2. The third-order valence-electron chi connectivity index (χ3n) is 5.33. The van der Waals surface area contributed by atoms with E-state index in [-0.39, 0.29) is 17.7 Å². The number of piperidine rings is 1. The predicted molar refractivity (Wildman–Crippen MR) is 111 cm³/mol. The third kappa shape index (κ3) is 4.50. The first-order valence-corrected chi connectivity index (χ1v) is 9.69. The Labute approximate surface area is 171 Å². The van der Waals surface area contributed by atoms with Gasteiger partial charge in [0.15, 0.2) is 0 Å². The first kappa shape index (κ1) is 20.6. The molecule has 1 aromatic heterocycles. The minimum Gasteiger partial charge on any atom is -0.496 e. The van der Waals surface area contributed by atoms with Crippen LogP contribution in [0, 0.1) is 19.8 Å². The zero-order valence-corrected chi connectivity index (χ0v) is 17.3. The van der Waals surface area contributed by atoms with Crippen LogP contribution in [0.2, 0.25) is 0 Å². The Bertz CT molecular complexity index is 888. The highest BCUT2D eigenvalue weighted by Crippen LogP contribution is 2.31. The summed E-state index contributed by atoms with van der Waals surface area (Å²) in [4.78, 5) is 31.8. The van der Waals surface area contributed by atoms with Crippen molar-refractivity contribution in [3.05, 3.63) is 47.2 Å². The van der Waals surface area contributed by atoms with Crippen molar-refractivity contribution in [2.75, 3.05) is 32.6 Å². The van der Waals surface area contributed by atoms with Crippen LogP contribution in [0.25, 0.3) is 0 Å². The second-order valence-electron chi connectivity index (χ2n) is 7.25. The monoisotopic (exact) mass is 397 g/mol. The molecule has 1 aliphatic heterocycles. The summed E-state index contributed by atoms with van der Waals surface area (Å²) in [5.74, 6) is 1.25. The van der Waals surface area contributed by atoms with Crippen LogP contribution < -0.4 is 14.8 Å². The van der Waals surface area contributed by atoms with Gasteiger partial charge in [-0.05, 0) is 50.5 Å². The molecule has 7 heteroatoms. The number of benzene rings is 1. The highest BCUT2D eigenvalue weighted by molar-refractivity contribution is 5.97. The minimum atomic E-state index is -0.275. The van der Waals surface area contributed by atoms with Crippen molar-refractivity contribution in [3.8, 4) is 11.5 Å². The Morgan fingerprint density at radius 2 is 1.86 bits per heavy atom. The summed E-state index contributed by atoms with van der Waals surface area (Å²) in [5, 5.41) is 2.90. The number of amides is 2. The van der Waals surface area contributed by atoms with Gasteiger partial charge in [-0.1, -0.05) is 6.07 Å². The van der Waals surface area contributed by atoms with Gasteiger partial charge in [0.05, 0.1) is 20.1 Å². The number of likely N-dealkylation sites (tertiary alicyclic amines) is 1. The standard InChI is InChI=1S/C22H27N3O4/c1-14-7-5-9-23-20(14)24-21(26)16-8-6-10-25(13-16)22(27)17-11-18(28-3)15(2)19(12-17)29-4/h5,7,9,11-12,16H,6,8,10,13H2,1-4H3,(H,23,24,26). The zero-order chi connectivity index (χ0) is 21.0. The van der Waals surface area contributed by atoms with Gasteiger partial charge in [-0.3, -0.25) is 9.59 Å². The van der Waals surface area contributed by atoms with Gasteiger partial charge >= 0.3 is 0 Å². The average Bonchev–Trinajstić information content (AvgIpc) is 2.75. The van der Waals surface area contributed by atoms with Crippen LogP contribution in [0.1, 0.15) is 34.3 Å². The van der Waals surface area contributed by atoms with E-state index in [0.717, 1.165) is 24.0 Å². The maximum Gasteiger partial charge on any atom is 0.254 e. The maximum absolute atomic E-state index is 13.1. The van der Waals surface area contributed by atoms with E-state index in [1.807, 2.05) is 26.0 Å². The molecule has 7 nitrogen and oxygen atoms in total. The lowest BCUT2D eigenvalue weighted by Gasteiger charge is -2.32. The number of hydrogen-bond acceptors (Lipinski definition) is 5. The number of methoxy groups -OCH3 is 2. The Morgan fingerprint density at radius 1 is 1.17 bits per heavy atom. The van der Waals surface area contributed by atoms with E-state index in [2.05, 4.69) is 10.3 Å². The fourth-order valence-corrected chi connectivity index (χ4v) is 3.60. The first-order chi connectivity index (χ1) is 13.9. The molecule has 0 bridgehead atoms. The van der Waals surface area contributed by atoms with Crippen LogP contribution in [0.5, 0.6) is 11.5 Å². The Balaban J connectivity index is 1.74. The maximum atomic E-state index is 13.1. The minimum absolute atomic E-state index is 0.108. The molecule has 154 valence electrons. The predicted octanol–water partition coefficient (Wildman–Crippen LogP) is 3.21. The van der Waals surface area contributed by atoms with Crippen molar-refractivity contribution in [1.29, 1.82) is 0 Å². The third-order valence-corrected chi connectivity index (χ3v) is 5.33. The molecule has 0 spiro atoms. The number of rotatable bonds is 5. The molecule has 2 aromatic rings. The average molecular weight is 397 g/mol. The molecule has 1 unspecified atom stereocenters. The number of nitrogens with one attached hydrogen (secondary N) is 1. The van der Waals surface area contributed by atoms with Crippen molar-refractivity contribution in [2.45, 2.75) is 26.7 Å². The summed E-state index contributed by atoms with van der Waals surface area (Å²) >= 11 is 0. The molecular weight excluding hydrogens is 370 g/mol. The van der Waals surface area contributed by atoms with Crippen molar-refractivity contribution < 1.29 is 19.1 Å². The summed E-state index contributed by atoms with van der Waals surface area (Å²) in [6.45, 7) is 4.77. The molecule has 0 saturated carbocycles. The largest absolute Gasteiger partial charge is 0.496 e. The van der Waals surface area contributed by atoms with E-state index < -0.39 is 0 Å². The van der Waals surface area contributed by atoms with Gasteiger partial charge < -0.3 is 19.7 Å². The molecule has 2 heterocycles. The summed E-state index contributed by atoms with van der Waals surface area (Å²) < 4.78 is 10.8. The highest BCUT2D eigenvalue weighted by atomic mass is 16.5. The van der Waals surface area contributed by atoms with Crippen molar-refractivity contribution in [2.24, 2.45) is 5.92 Å². The topological polar surface area (TPSA) is 80.8 Å². The van der Waals surface area contributed by atoms with Crippen LogP contribution >= 0.6 is 0 Å². The number of aromatic nitrogens is 1. The molecule has 1 atom stereocenters. The van der Waals surface area contributed by atoms with Crippen molar-refractivity contribution in [1.82, 2.24) is 9.88 Å². The van der Waals surface area contributed by atoms with Crippen molar-refractivity contribution in [3.63, 3.8) is 0 Å². The molecule has 1 aliphatic rings. The van der Waals surface area contributed by atoms with Crippen LogP contribution in [0.3, 0.4) is 0 Å². The Kier molecular flexibility index (Phi) is 6.36. The second-order valence-corrected chi connectivity index (χ2v) is 7.25. The van der Waals surface area contributed by atoms with E-state index in [1.54, 1.807) is 37.4 Å². The molecule has 29 heavy (non-hydrogen) atoms. The molecule has 1 fully saturated rings. The van der Waals surface area contributed by atoms with E-state index in [9.17, 15) is 9.59 Å². The summed E-state index contributed by atoms with van der Waals surface area (Å²) in [7, 11) is 3.13. The normalized spacial score (nSPS) is 16.3. The number of anilines is 1. The summed E-state index contributed by atoms with van der Waals surface area (Å²) in [6.07, 6.45) is 3.16. The van der Waals surface area contributed by atoms with Gasteiger partial charge in [0.25, 0.3) is 5.91 Å². The van der Waals surface area contributed by atoms with Crippen LogP contribution in [-0.2, 0) is 4.79 Å². The number of carbonyl (C=O) groups is 2. The fraction of sp³-hybridized carbons (Fsp3) is 0.409. The molecule has 0 aliphatic carbocycles. The molecule has 2 amide bonds. The lowest BCUT2D eigenvalue weighted by Crippen LogP contribution is -2.43. The lowest BCUT2D eigenvalue weighted by molar-refractivity contribution is -0.121. The van der Waals surface area contributed by atoms with Gasteiger partial charge in [0, 0.05) is 30.4 Å². The second kappa shape index (κ2) is 8.94. The number of pyridine rings is 1. The fourth-order valence-electron chi connectivity index (χ4n) is 3.60. The summed E-state index contributed by atoms with van der Waals surface area (Å²) in [5.41, 5.74) is 2.24. The number of hydrogen-bond donors (Lipinski definition) is 1. The van der Waals surface area contributed by atoms with E-state index in [4.69, 9.17) is 9.47 Å². The van der Waals surface area contributed by atoms with Gasteiger partial charge in [0.1, 0.15) is 17.3 Å². The molecule has 1 aromatic carbocycles.